The average Bonchev–Trinajstić information content (AvgIpc) is 2.95. The van der Waals surface area contributed by atoms with Crippen LogP contribution in [0, 0.1) is 0 Å². The normalized spacial score (nSPS) is 13.3. The molecule has 0 saturated heterocycles. The lowest BCUT2D eigenvalue weighted by atomic mass is 10.2. The smallest absolute Gasteiger partial charge is 0.138 e. The lowest BCUT2D eigenvalue weighted by Crippen LogP contribution is -2.43. The number of hydrazine groups is 1. The van der Waals surface area contributed by atoms with Crippen molar-refractivity contribution in [2.75, 3.05) is 20.3 Å². The number of hydrogen-bond donors (Lipinski definition) is 2. The molecule has 2 rings (SSSR count). The second-order valence-electron chi connectivity index (χ2n) is 8.13. The summed E-state index contributed by atoms with van der Waals surface area (Å²) in [5, 5.41) is 3.24. The summed E-state index contributed by atoms with van der Waals surface area (Å²) in [7, 11) is -0.189. The molecule has 0 unspecified atom stereocenters. The molecule has 27 heavy (non-hydrogen) atoms. The van der Waals surface area contributed by atoms with Crippen LogP contribution in [-0.4, -0.2) is 38.2 Å². The summed E-state index contributed by atoms with van der Waals surface area (Å²) in [4.78, 5) is 0. The van der Waals surface area contributed by atoms with Crippen LogP contribution in [0.3, 0.4) is 0 Å². The van der Waals surface area contributed by atoms with Gasteiger partial charge in [0, 0.05) is 18.2 Å². The molecule has 0 aliphatic carbocycles. The van der Waals surface area contributed by atoms with Gasteiger partial charge < -0.3 is 24.5 Å². The van der Waals surface area contributed by atoms with Gasteiger partial charge >= 0.3 is 0 Å². The number of aromatic nitrogens is 1. The number of nitrogens with two attached hydrogens (primary N) is 2. The number of methoxy groups -OCH3 is 1. The maximum Gasteiger partial charge on any atom is 0.138 e. The van der Waals surface area contributed by atoms with Crippen LogP contribution in [0.2, 0.25) is 23.2 Å². The number of fused-ring (bicyclic) bond motifs is 1. The van der Waals surface area contributed by atoms with Crippen LogP contribution in [-0.2, 0) is 4.43 Å². The Bertz CT molecular complexity index is 827. The fourth-order valence-corrected chi connectivity index (χ4v) is 3.71. The summed E-state index contributed by atoms with van der Waals surface area (Å²) in [6, 6.07) is 5.67. The van der Waals surface area contributed by atoms with E-state index in [1.165, 1.54) is 0 Å². The highest BCUT2D eigenvalue weighted by molar-refractivity contribution is 6.74. The predicted octanol–water partition coefficient (Wildman–Crippen LogP) is 4.22. The number of ether oxygens (including phenoxy) is 1. The Kier molecular flexibility index (Phi) is 6.52. The maximum atomic E-state index is 6.25. The molecule has 0 spiro atoms. The van der Waals surface area contributed by atoms with E-state index in [-0.39, 0.29) is 5.04 Å². The Morgan fingerprint density at radius 2 is 2.00 bits per heavy atom. The quantitative estimate of drug-likeness (QED) is 0.406. The van der Waals surface area contributed by atoms with Crippen LogP contribution >= 0.6 is 11.6 Å². The molecule has 0 aliphatic heterocycles. The minimum atomic E-state index is -1.78. The van der Waals surface area contributed by atoms with Crippen molar-refractivity contribution in [1.29, 1.82) is 0 Å². The third kappa shape index (κ3) is 4.98. The molecule has 0 bridgehead atoms. The van der Waals surface area contributed by atoms with Gasteiger partial charge in [-0.15, -0.1) is 18.1 Å². The predicted molar refractivity (Wildman–Crippen MR) is 116 cm³/mol. The van der Waals surface area contributed by atoms with E-state index < -0.39 is 8.32 Å². The number of hydrogen-bond acceptors (Lipinski definition) is 5. The van der Waals surface area contributed by atoms with Crippen LogP contribution in [0.1, 0.15) is 20.8 Å². The molecule has 4 N–H and O–H groups in total. The zero-order valence-corrected chi connectivity index (χ0v) is 18.8. The zero-order chi connectivity index (χ0) is 20.4. The number of rotatable bonds is 7. The van der Waals surface area contributed by atoms with E-state index in [4.69, 9.17) is 32.3 Å². The molecule has 0 atom stereocenters. The largest absolute Gasteiger partial charge is 0.563 e. The van der Waals surface area contributed by atoms with Crippen molar-refractivity contribution in [3.63, 3.8) is 0 Å². The summed E-state index contributed by atoms with van der Waals surface area (Å²) in [6.07, 6.45) is 3.58. The van der Waals surface area contributed by atoms with Crippen LogP contribution in [0.4, 0.5) is 0 Å². The van der Waals surface area contributed by atoms with Crippen LogP contribution in [0.5, 0.6) is 5.75 Å². The first-order valence-electron chi connectivity index (χ1n) is 8.94. The van der Waals surface area contributed by atoms with Crippen molar-refractivity contribution < 1.29 is 9.16 Å². The lowest BCUT2D eigenvalue weighted by Gasteiger charge is -2.48. The number of halogens is 1. The molecular weight excluding hydrogens is 380 g/mol. The van der Waals surface area contributed by atoms with E-state index in [9.17, 15) is 0 Å². The average molecular weight is 411 g/mol. The van der Waals surface area contributed by atoms with Gasteiger partial charge in [-0.3, -0.25) is 0 Å². The molecule has 1 aromatic carbocycles. The summed E-state index contributed by atoms with van der Waals surface area (Å²) in [5.74, 6) is 7.22. The molecular formula is C19H31ClN4O2Si-. The highest BCUT2D eigenvalue weighted by atomic mass is 35.5. The van der Waals surface area contributed by atoms with Gasteiger partial charge in [0.15, 0.2) is 0 Å². The number of benzene rings is 1. The van der Waals surface area contributed by atoms with Gasteiger partial charge in [-0.05, 0) is 26.5 Å². The zero-order valence-electron chi connectivity index (χ0n) is 17.0. The van der Waals surface area contributed by atoms with E-state index in [0.29, 0.717) is 29.7 Å². The molecule has 0 amide bonds. The minimum absolute atomic E-state index is 0.172. The van der Waals surface area contributed by atoms with Gasteiger partial charge in [-0.25, -0.2) is 5.84 Å². The van der Waals surface area contributed by atoms with Crippen molar-refractivity contribution in [2.45, 2.75) is 38.9 Å². The standard InChI is InChI=1S/C19H31ClN4O2Si/c1-19(2,3)27(5,6)26-10-9-23(22)13-18(21)24-8-7-14-11-17(25-4)15(20)12-16(14)24/h7-8,11-13H,9-10,21-22H2,1-6H3/q-1/b18-13+. The topological polar surface area (TPSA) is 78.7 Å². The molecule has 8 heteroatoms. The Labute approximate surface area is 167 Å². The first-order chi connectivity index (χ1) is 12.5. The van der Waals surface area contributed by atoms with Crippen molar-refractivity contribution in [2.24, 2.45) is 11.6 Å². The lowest BCUT2D eigenvalue weighted by molar-refractivity contribution is 0.239. The highest BCUT2D eigenvalue weighted by Gasteiger charge is 2.24. The van der Waals surface area contributed by atoms with Crippen molar-refractivity contribution in [3.05, 3.63) is 35.6 Å². The Hall–Kier alpha value is -1.67. The molecule has 0 radical (unpaired) electrons. The first-order valence-corrected chi connectivity index (χ1v) is 12.2. The van der Waals surface area contributed by atoms with Gasteiger partial charge in [-0.2, -0.15) is 0 Å². The molecule has 0 saturated carbocycles. The Balaban J connectivity index is 2.09. The fraction of sp³-hybridized carbons (Fsp3) is 0.474. The third-order valence-electron chi connectivity index (χ3n) is 5.16. The summed E-state index contributed by atoms with van der Waals surface area (Å²) < 4.78 is 13.3. The molecule has 151 valence electrons. The van der Waals surface area contributed by atoms with Gasteiger partial charge in [0.1, 0.15) is 11.6 Å². The van der Waals surface area contributed by atoms with Crippen molar-refractivity contribution in [3.8, 4) is 5.75 Å². The third-order valence-corrected chi connectivity index (χ3v) is 9.99. The molecule has 1 aromatic heterocycles. The van der Waals surface area contributed by atoms with Crippen molar-refractivity contribution in [1.82, 2.24) is 9.58 Å². The number of nitrogens with zero attached hydrogens (tertiary/aromatic N) is 2. The summed E-state index contributed by atoms with van der Waals surface area (Å²) in [6.45, 7) is 12.2. The monoisotopic (exact) mass is 410 g/mol. The Morgan fingerprint density at radius 3 is 2.59 bits per heavy atom. The maximum absolute atomic E-state index is 6.25. The van der Waals surface area contributed by atoms with E-state index in [2.05, 4.69) is 33.9 Å². The molecule has 2 aromatic rings. The molecule has 0 aliphatic rings. The highest BCUT2D eigenvalue weighted by Crippen LogP contribution is 2.36. The molecule has 0 fully saturated rings. The SMILES string of the molecule is COc1cc2ccn(/C(N)=C/N(N)CCO[Si-](C)(C)C(C)(C)C)c2cc1Cl. The summed E-state index contributed by atoms with van der Waals surface area (Å²) >= 11 is 6.24. The van der Waals surface area contributed by atoms with Crippen molar-refractivity contribution >= 4 is 36.6 Å². The first kappa shape index (κ1) is 21.6. The second kappa shape index (κ2) is 8.14. The fourth-order valence-electron chi connectivity index (χ4n) is 2.44. The molecule has 6 nitrogen and oxygen atoms in total. The van der Waals surface area contributed by atoms with E-state index in [1.807, 2.05) is 29.0 Å². The van der Waals surface area contributed by atoms with Gasteiger partial charge in [0.05, 0.1) is 30.4 Å². The van der Waals surface area contributed by atoms with Gasteiger partial charge in [0.2, 0.25) is 0 Å². The van der Waals surface area contributed by atoms with E-state index in [1.54, 1.807) is 18.3 Å². The van der Waals surface area contributed by atoms with E-state index in [0.717, 1.165) is 10.9 Å². The van der Waals surface area contributed by atoms with Crippen LogP contribution in [0.15, 0.2) is 30.6 Å². The summed E-state index contributed by atoms with van der Waals surface area (Å²) in [5.41, 5.74) is 7.14. The van der Waals surface area contributed by atoms with E-state index >= 15 is 0 Å². The molecule has 1 heterocycles. The Morgan fingerprint density at radius 1 is 1.33 bits per heavy atom. The van der Waals surface area contributed by atoms with Crippen LogP contribution < -0.4 is 16.3 Å². The minimum Gasteiger partial charge on any atom is -0.563 e. The van der Waals surface area contributed by atoms with Gasteiger partial charge in [-0.1, -0.05) is 32.4 Å². The van der Waals surface area contributed by atoms with Gasteiger partial charge in [0.25, 0.3) is 0 Å². The second-order valence-corrected chi connectivity index (χ2v) is 13.3. The van der Waals surface area contributed by atoms with Crippen LogP contribution in [0.25, 0.3) is 16.7 Å².